The lowest BCUT2D eigenvalue weighted by atomic mass is 10.2. The molecule has 0 aliphatic heterocycles. The Labute approximate surface area is 99.7 Å². The maximum absolute atomic E-state index is 11.9. The summed E-state index contributed by atoms with van der Waals surface area (Å²) in [5, 5.41) is 9.01. The molecule has 0 radical (unpaired) electrons. The van der Waals surface area contributed by atoms with Crippen molar-refractivity contribution in [2.24, 2.45) is 0 Å². The lowest BCUT2D eigenvalue weighted by Gasteiger charge is -2.08. The van der Waals surface area contributed by atoms with Gasteiger partial charge in [0.1, 0.15) is 5.75 Å². The van der Waals surface area contributed by atoms with Gasteiger partial charge in [0.05, 0.1) is 12.4 Å². The molecule has 0 unspecified atom stereocenters. The van der Waals surface area contributed by atoms with Crippen molar-refractivity contribution in [1.82, 2.24) is 9.97 Å². The molecule has 1 aromatic carbocycles. The molecule has 0 aliphatic carbocycles. The molecule has 7 heteroatoms. The third-order valence-corrected chi connectivity index (χ3v) is 1.98. The summed E-state index contributed by atoms with van der Waals surface area (Å²) in [5.74, 6) is -0.104. The van der Waals surface area contributed by atoms with Crippen molar-refractivity contribution in [2.75, 3.05) is 0 Å². The van der Waals surface area contributed by atoms with Crippen LogP contribution in [0.1, 0.15) is 0 Å². The Kier molecular flexibility index (Phi) is 3.05. The summed E-state index contributed by atoms with van der Waals surface area (Å²) in [7, 11) is 0. The van der Waals surface area contributed by atoms with Gasteiger partial charge >= 0.3 is 6.36 Å². The van der Waals surface area contributed by atoms with E-state index in [9.17, 15) is 13.2 Å². The first-order valence-electron chi connectivity index (χ1n) is 4.81. The quantitative estimate of drug-likeness (QED) is 0.897. The van der Waals surface area contributed by atoms with E-state index in [2.05, 4.69) is 14.7 Å². The third-order valence-electron chi connectivity index (χ3n) is 1.98. The summed E-state index contributed by atoms with van der Waals surface area (Å²) in [6.07, 6.45) is -2.32. The SMILES string of the molecule is Oc1cnc(-c2ccc(OC(F)(F)F)cc2)nc1. The molecule has 0 atom stereocenters. The van der Waals surface area contributed by atoms with E-state index < -0.39 is 6.36 Å². The van der Waals surface area contributed by atoms with Crippen LogP contribution >= 0.6 is 0 Å². The van der Waals surface area contributed by atoms with Crippen molar-refractivity contribution in [3.8, 4) is 22.9 Å². The first-order valence-corrected chi connectivity index (χ1v) is 4.81. The van der Waals surface area contributed by atoms with E-state index in [1.165, 1.54) is 36.7 Å². The van der Waals surface area contributed by atoms with Crippen molar-refractivity contribution in [2.45, 2.75) is 6.36 Å². The van der Waals surface area contributed by atoms with Gasteiger partial charge in [-0.2, -0.15) is 0 Å². The number of benzene rings is 1. The van der Waals surface area contributed by atoms with E-state index in [1.807, 2.05) is 0 Å². The summed E-state index contributed by atoms with van der Waals surface area (Å²) >= 11 is 0. The maximum Gasteiger partial charge on any atom is 0.573 e. The molecule has 2 rings (SSSR count). The summed E-state index contributed by atoms with van der Waals surface area (Å²) in [5.41, 5.74) is 0.518. The van der Waals surface area contributed by atoms with E-state index in [1.54, 1.807) is 0 Å². The zero-order chi connectivity index (χ0) is 13.2. The highest BCUT2D eigenvalue weighted by Gasteiger charge is 2.30. The summed E-state index contributed by atoms with van der Waals surface area (Å²) in [4.78, 5) is 7.66. The van der Waals surface area contributed by atoms with Gasteiger partial charge in [0.25, 0.3) is 0 Å². The number of aromatic hydroxyl groups is 1. The van der Waals surface area contributed by atoms with E-state index in [0.717, 1.165) is 0 Å². The standard InChI is InChI=1S/C11H7F3N2O2/c12-11(13,14)18-9-3-1-7(2-4-9)10-15-5-8(17)6-16-10/h1-6,17H. The molecular formula is C11H7F3N2O2. The highest BCUT2D eigenvalue weighted by atomic mass is 19.4. The highest BCUT2D eigenvalue weighted by Crippen LogP contribution is 2.25. The fourth-order valence-corrected chi connectivity index (χ4v) is 1.28. The van der Waals surface area contributed by atoms with E-state index in [-0.39, 0.29) is 11.5 Å². The predicted molar refractivity (Wildman–Crippen MR) is 55.8 cm³/mol. The number of ether oxygens (including phenoxy) is 1. The van der Waals surface area contributed by atoms with Crippen molar-refractivity contribution in [3.05, 3.63) is 36.7 Å². The number of alkyl halides is 3. The third kappa shape index (κ3) is 3.09. The molecule has 4 nitrogen and oxygen atoms in total. The lowest BCUT2D eigenvalue weighted by molar-refractivity contribution is -0.274. The highest BCUT2D eigenvalue weighted by molar-refractivity contribution is 5.56. The molecular weight excluding hydrogens is 249 g/mol. The number of hydrogen-bond donors (Lipinski definition) is 1. The predicted octanol–water partition coefficient (Wildman–Crippen LogP) is 2.75. The van der Waals surface area contributed by atoms with Gasteiger partial charge in [0.15, 0.2) is 11.6 Å². The Bertz CT molecular complexity index is 523. The van der Waals surface area contributed by atoms with Crippen LogP contribution in [0.5, 0.6) is 11.5 Å². The minimum atomic E-state index is -4.71. The maximum atomic E-state index is 11.9. The molecule has 0 bridgehead atoms. The van der Waals surface area contributed by atoms with Crippen LogP contribution < -0.4 is 4.74 Å². The molecule has 0 aliphatic rings. The first-order chi connectivity index (χ1) is 8.44. The molecule has 1 heterocycles. The van der Waals surface area contributed by atoms with Gasteiger partial charge in [-0.05, 0) is 24.3 Å². The molecule has 0 fully saturated rings. The zero-order valence-corrected chi connectivity index (χ0v) is 8.85. The van der Waals surface area contributed by atoms with Crippen molar-refractivity contribution in [1.29, 1.82) is 0 Å². The van der Waals surface area contributed by atoms with Gasteiger partial charge in [0.2, 0.25) is 0 Å². The number of aromatic nitrogens is 2. The lowest BCUT2D eigenvalue weighted by Crippen LogP contribution is -2.16. The van der Waals surface area contributed by atoms with Gasteiger partial charge in [0, 0.05) is 5.56 Å². The second-order valence-electron chi connectivity index (χ2n) is 3.34. The number of nitrogens with zero attached hydrogens (tertiary/aromatic N) is 2. The smallest absolute Gasteiger partial charge is 0.505 e. The molecule has 0 saturated heterocycles. The fourth-order valence-electron chi connectivity index (χ4n) is 1.28. The van der Waals surface area contributed by atoms with Gasteiger partial charge in [-0.3, -0.25) is 0 Å². The molecule has 18 heavy (non-hydrogen) atoms. The largest absolute Gasteiger partial charge is 0.573 e. The number of halogens is 3. The minimum absolute atomic E-state index is 0.0872. The van der Waals surface area contributed by atoms with Crippen molar-refractivity contribution in [3.63, 3.8) is 0 Å². The van der Waals surface area contributed by atoms with Gasteiger partial charge in [-0.1, -0.05) is 0 Å². The molecule has 0 saturated carbocycles. The Morgan fingerprint density at radius 2 is 1.56 bits per heavy atom. The van der Waals surface area contributed by atoms with Crippen LogP contribution in [-0.4, -0.2) is 21.4 Å². The molecule has 1 aromatic heterocycles. The van der Waals surface area contributed by atoms with Crippen LogP contribution in [0.15, 0.2) is 36.7 Å². The average Bonchev–Trinajstić information content (AvgIpc) is 2.29. The van der Waals surface area contributed by atoms with Crippen LogP contribution in [0.3, 0.4) is 0 Å². The normalized spacial score (nSPS) is 11.3. The fraction of sp³-hybridized carbons (Fsp3) is 0.0909. The second-order valence-corrected chi connectivity index (χ2v) is 3.34. The Balaban J connectivity index is 2.20. The summed E-state index contributed by atoms with van der Waals surface area (Å²) < 4.78 is 39.5. The van der Waals surface area contributed by atoms with Crippen LogP contribution in [0.25, 0.3) is 11.4 Å². The number of hydrogen-bond acceptors (Lipinski definition) is 4. The van der Waals surface area contributed by atoms with E-state index in [0.29, 0.717) is 11.4 Å². The molecule has 1 N–H and O–H groups in total. The molecule has 0 spiro atoms. The van der Waals surface area contributed by atoms with Gasteiger partial charge < -0.3 is 9.84 Å². The monoisotopic (exact) mass is 256 g/mol. The Hall–Kier alpha value is -2.31. The second kappa shape index (κ2) is 4.52. The number of rotatable bonds is 2. The van der Waals surface area contributed by atoms with Crippen LogP contribution in [0.4, 0.5) is 13.2 Å². The van der Waals surface area contributed by atoms with Crippen LogP contribution in [0, 0.1) is 0 Å². The summed E-state index contributed by atoms with van der Waals surface area (Å²) in [6.45, 7) is 0. The van der Waals surface area contributed by atoms with Crippen molar-refractivity contribution >= 4 is 0 Å². The van der Waals surface area contributed by atoms with Gasteiger partial charge in [-0.25, -0.2) is 9.97 Å². The molecule has 0 amide bonds. The van der Waals surface area contributed by atoms with Gasteiger partial charge in [-0.15, -0.1) is 13.2 Å². The van der Waals surface area contributed by atoms with Crippen LogP contribution in [-0.2, 0) is 0 Å². The minimum Gasteiger partial charge on any atom is -0.505 e. The van der Waals surface area contributed by atoms with E-state index >= 15 is 0 Å². The molecule has 94 valence electrons. The average molecular weight is 256 g/mol. The van der Waals surface area contributed by atoms with E-state index in [4.69, 9.17) is 5.11 Å². The first kappa shape index (κ1) is 12.2. The molecule has 2 aromatic rings. The Morgan fingerprint density at radius 1 is 1.00 bits per heavy atom. The Morgan fingerprint density at radius 3 is 2.06 bits per heavy atom. The topological polar surface area (TPSA) is 55.2 Å². The van der Waals surface area contributed by atoms with Crippen LogP contribution in [0.2, 0.25) is 0 Å². The van der Waals surface area contributed by atoms with Crippen molar-refractivity contribution < 1.29 is 23.0 Å². The summed E-state index contributed by atoms with van der Waals surface area (Å²) in [6, 6.07) is 5.12. The zero-order valence-electron chi connectivity index (χ0n) is 8.85.